The summed E-state index contributed by atoms with van der Waals surface area (Å²) in [5.41, 5.74) is 8.02. The van der Waals surface area contributed by atoms with Crippen molar-refractivity contribution in [3.63, 3.8) is 0 Å². The summed E-state index contributed by atoms with van der Waals surface area (Å²) >= 11 is 0. The topological polar surface area (TPSA) is 13.1 Å². The third kappa shape index (κ3) is 2.74. The molecule has 1 nitrogen and oxygen atoms in total. The first kappa shape index (κ1) is 19.1. The quantitative estimate of drug-likeness (QED) is 0.247. The highest BCUT2D eigenvalue weighted by molar-refractivity contribution is 6.24. The third-order valence-corrected chi connectivity index (χ3v) is 6.92. The van der Waals surface area contributed by atoms with Gasteiger partial charge in [-0.2, -0.15) is 0 Å². The highest BCUT2D eigenvalue weighted by Crippen LogP contribution is 2.46. The summed E-state index contributed by atoms with van der Waals surface area (Å²) in [7, 11) is 0. The number of furan rings is 1. The number of hydrogen-bond acceptors (Lipinski definition) is 1. The molecule has 7 aromatic rings. The van der Waals surface area contributed by atoms with E-state index in [0.717, 1.165) is 27.5 Å². The highest BCUT2D eigenvalue weighted by atomic mass is 16.3. The van der Waals surface area contributed by atoms with E-state index in [4.69, 9.17) is 4.42 Å². The molecule has 0 aliphatic rings. The van der Waals surface area contributed by atoms with Crippen molar-refractivity contribution in [1.29, 1.82) is 0 Å². The Bertz CT molecular complexity index is 1860. The minimum atomic E-state index is 0.927. The monoisotopic (exact) mass is 434 g/mol. The lowest BCUT2D eigenvalue weighted by Crippen LogP contribution is -1.91. The standard InChI is InChI=1S/C33H22O/c1-21-18-19-26-29(20-21)32(25-14-6-5-13-24(25)31(26)22-10-3-2-4-11-22)28-16-9-15-27-23-12-7-8-17-30(23)34-33(27)28/h2-20H,1H3. The molecular weight excluding hydrogens is 412 g/mol. The summed E-state index contributed by atoms with van der Waals surface area (Å²) < 4.78 is 6.48. The molecule has 1 heteroatoms. The van der Waals surface area contributed by atoms with Gasteiger partial charge < -0.3 is 4.42 Å². The number of rotatable bonds is 2. The smallest absolute Gasteiger partial charge is 0.143 e. The van der Waals surface area contributed by atoms with E-state index in [9.17, 15) is 0 Å². The number of benzene rings is 6. The van der Waals surface area contributed by atoms with Gasteiger partial charge in [0.25, 0.3) is 0 Å². The van der Waals surface area contributed by atoms with Gasteiger partial charge in [-0.1, -0.05) is 115 Å². The second-order valence-electron chi connectivity index (χ2n) is 8.99. The lowest BCUT2D eigenvalue weighted by Gasteiger charge is -2.18. The Balaban J connectivity index is 1.70. The van der Waals surface area contributed by atoms with E-state index in [2.05, 4.69) is 116 Å². The van der Waals surface area contributed by atoms with Gasteiger partial charge >= 0.3 is 0 Å². The molecule has 0 N–H and O–H groups in total. The van der Waals surface area contributed by atoms with Crippen LogP contribution in [0.1, 0.15) is 5.56 Å². The molecule has 1 heterocycles. The largest absolute Gasteiger partial charge is 0.455 e. The maximum Gasteiger partial charge on any atom is 0.143 e. The van der Waals surface area contributed by atoms with Gasteiger partial charge in [0.15, 0.2) is 0 Å². The summed E-state index contributed by atoms with van der Waals surface area (Å²) in [6, 6.07) is 41.2. The number of fused-ring (bicyclic) bond motifs is 5. The second-order valence-corrected chi connectivity index (χ2v) is 8.99. The van der Waals surface area contributed by atoms with Crippen LogP contribution in [0.2, 0.25) is 0 Å². The van der Waals surface area contributed by atoms with Crippen LogP contribution in [-0.2, 0) is 0 Å². The SMILES string of the molecule is Cc1ccc2c(-c3ccccc3)c3ccccc3c(-c3cccc4c3oc3ccccc34)c2c1. The van der Waals surface area contributed by atoms with Crippen molar-refractivity contribution in [2.75, 3.05) is 0 Å². The molecule has 0 unspecified atom stereocenters. The molecule has 0 radical (unpaired) electrons. The van der Waals surface area contributed by atoms with Gasteiger partial charge in [0, 0.05) is 21.9 Å². The Morgan fingerprint density at radius 2 is 1.12 bits per heavy atom. The molecule has 7 rings (SSSR count). The second kappa shape index (κ2) is 7.33. The Hall–Kier alpha value is -4.36. The van der Waals surface area contributed by atoms with Gasteiger partial charge in [0.2, 0.25) is 0 Å². The zero-order chi connectivity index (χ0) is 22.6. The van der Waals surface area contributed by atoms with Crippen LogP contribution < -0.4 is 0 Å². The maximum absolute atomic E-state index is 6.48. The van der Waals surface area contributed by atoms with E-state index < -0.39 is 0 Å². The Kier molecular flexibility index (Phi) is 4.13. The maximum atomic E-state index is 6.48. The molecule has 6 aromatic carbocycles. The molecule has 0 aliphatic heterocycles. The fourth-order valence-electron chi connectivity index (χ4n) is 5.44. The summed E-state index contributed by atoms with van der Waals surface area (Å²) in [6.07, 6.45) is 0. The lowest BCUT2D eigenvalue weighted by molar-refractivity contribution is 0.670. The average molecular weight is 435 g/mol. The van der Waals surface area contributed by atoms with Crippen LogP contribution in [0.3, 0.4) is 0 Å². The van der Waals surface area contributed by atoms with E-state index in [1.165, 1.54) is 43.8 Å². The van der Waals surface area contributed by atoms with Crippen LogP contribution in [0.25, 0.3) is 65.7 Å². The number of hydrogen-bond donors (Lipinski definition) is 0. The highest BCUT2D eigenvalue weighted by Gasteiger charge is 2.20. The predicted molar refractivity (Wildman–Crippen MR) is 144 cm³/mol. The minimum absolute atomic E-state index is 0.927. The zero-order valence-electron chi connectivity index (χ0n) is 18.9. The molecule has 0 spiro atoms. The van der Waals surface area contributed by atoms with Gasteiger partial charge in [-0.05, 0) is 45.7 Å². The normalized spacial score (nSPS) is 11.7. The van der Waals surface area contributed by atoms with Gasteiger partial charge in [0.1, 0.15) is 11.2 Å². The Morgan fingerprint density at radius 1 is 0.471 bits per heavy atom. The molecule has 0 bridgehead atoms. The van der Waals surface area contributed by atoms with E-state index in [1.54, 1.807) is 0 Å². The van der Waals surface area contributed by atoms with E-state index in [-0.39, 0.29) is 0 Å². The molecule has 1 aromatic heterocycles. The molecule has 0 saturated carbocycles. The van der Waals surface area contributed by atoms with Crippen molar-refractivity contribution in [3.05, 3.63) is 121 Å². The molecule has 0 aliphatic carbocycles. The number of para-hydroxylation sites is 2. The van der Waals surface area contributed by atoms with Crippen molar-refractivity contribution in [2.24, 2.45) is 0 Å². The van der Waals surface area contributed by atoms with Crippen molar-refractivity contribution in [3.8, 4) is 22.3 Å². The molecule has 0 atom stereocenters. The van der Waals surface area contributed by atoms with Gasteiger partial charge in [-0.15, -0.1) is 0 Å². The van der Waals surface area contributed by atoms with Gasteiger partial charge in [-0.3, -0.25) is 0 Å². The van der Waals surface area contributed by atoms with Crippen molar-refractivity contribution >= 4 is 43.5 Å². The predicted octanol–water partition coefficient (Wildman–Crippen LogP) is 9.53. The van der Waals surface area contributed by atoms with Crippen molar-refractivity contribution < 1.29 is 4.42 Å². The minimum Gasteiger partial charge on any atom is -0.455 e. The molecule has 160 valence electrons. The lowest BCUT2D eigenvalue weighted by atomic mass is 9.85. The van der Waals surface area contributed by atoms with Crippen molar-refractivity contribution in [1.82, 2.24) is 0 Å². The van der Waals surface area contributed by atoms with Crippen LogP contribution in [-0.4, -0.2) is 0 Å². The first-order valence-electron chi connectivity index (χ1n) is 11.7. The average Bonchev–Trinajstić information content (AvgIpc) is 3.27. The fraction of sp³-hybridized carbons (Fsp3) is 0.0303. The third-order valence-electron chi connectivity index (χ3n) is 6.92. The fourth-order valence-corrected chi connectivity index (χ4v) is 5.44. The van der Waals surface area contributed by atoms with E-state index in [1.807, 2.05) is 6.07 Å². The van der Waals surface area contributed by atoms with Crippen LogP contribution in [0.15, 0.2) is 120 Å². The number of aryl methyl sites for hydroxylation is 1. The Labute approximate surface area is 197 Å². The van der Waals surface area contributed by atoms with Gasteiger partial charge in [0.05, 0.1) is 0 Å². The molecule has 0 saturated heterocycles. The first-order valence-corrected chi connectivity index (χ1v) is 11.7. The first-order chi connectivity index (χ1) is 16.8. The summed E-state index contributed by atoms with van der Waals surface area (Å²) in [4.78, 5) is 0. The summed E-state index contributed by atoms with van der Waals surface area (Å²) in [5, 5.41) is 7.33. The van der Waals surface area contributed by atoms with Crippen LogP contribution in [0, 0.1) is 6.92 Å². The molecule has 0 fully saturated rings. The van der Waals surface area contributed by atoms with E-state index >= 15 is 0 Å². The van der Waals surface area contributed by atoms with Crippen LogP contribution in [0.4, 0.5) is 0 Å². The summed E-state index contributed by atoms with van der Waals surface area (Å²) in [5.74, 6) is 0. The summed E-state index contributed by atoms with van der Waals surface area (Å²) in [6.45, 7) is 2.17. The molecular formula is C33H22O. The van der Waals surface area contributed by atoms with Crippen LogP contribution in [0.5, 0.6) is 0 Å². The van der Waals surface area contributed by atoms with E-state index in [0.29, 0.717) is 0 Å². The van der Waals surface area contributed by atoms with Crippen LogP contribution >= 0.6 is 0 Å². The molecule has 34 heavy (non-hydrogen) atoms. The zero-order valence-corrected chi connectivity index (χ0v) is 18.9. The molecule has 0 amide bonds. The Morgan fingerprint density at radius 3 is 1.94 bits per heavy atom. The van der Waals surface area contributed by atoms with Crippen molar-refractivity contribution in [2.45, 2.75) is 6.92 Å². The van der Waals surface area contributed by atoms with Gasteiger partial charge in [-0.25, -0.2) is 0 Å².